The van der Waals surface area contributed by atoms with Gasteiger partial charge in [0.05, 0.1) is 5.69 Å². The zero-order chi connectivity index (χ0) is 15.5. The highest BCUT2D eigenvalue weighted by atomic mass is 32.1. The Morgan fingerprint density at radius 1 is 1.24 bits per heavy atom. The average Bonchev–Trinajstić information content (AvgIpc) is 2.93. The summed E-state index contributed by atoms with van der Waals surface area (Å²) in [7, 11) is 0. The lowest BCUT2D eigenvalue weighted by Crippen LogP contribution is -2.19. The average molecular weight is 311 g/mol. The minimum Gasteiger partial charge on any atom is -0.309 e. The van der Waals surface area contributed by atoms with Gasteiger partial charge in [0.1, 0.15) is 0 Å². The van der Waals surface area contributed by atoms with Gasteiger partial charge in [0.2, 0.25) is 5.91 Å². The topological polar surface area (TPSA) is 54.0 Å². The van der Waals surface area contributed by atoms with E-state index in [-0.39, 0.29) is 11.9 Å². The van der Waals surface area contributed by atoms with Crippen LogP contribution in [0.3, 0.4) is 0 Å². The number of anilines is 1. The third-order valence-corrected chi connectivity index (χ3v) is 4.20. The molecule has 0 aliphatic heterocycles. The normalized spacial score (nSPS) is 12.3. The van der Waals surface area contributed by atoms with E-state index in [2.05, 4.69) is 36.4 Å². The Hall–Kier alpha value is -0.940. The predicted molar refractivity (Wildman–Crippen MR) is 90.8 cm³/mol. The van der Waals surface area contributed by atoms with Crippen LogP contribution >= 0.6 is 11.3 Å². The Labute approximate surface area is 132 Å². The van der Waals surface area contributed by atoms with Crippen LogP contribution in [0, 0.1) is 0 Å². The van der Waals surface area contributed by atoms with Crippen LogP contribution < -0.4 is 10.6 Å². The lowest BCUT2D eigenvalue weighted by molar-refractivity contribution is -0.116. The molecule has 0 bridgehead atoms. The van der Waals surface area contributed by atoms with Crippen LogP contribution in [0.4, 0.5) is 5.13 Å². The molecule has 0 aromatic carbocycles. The van der Waals surface area contributed by atoms with Crippen LogP contribution in [0.5, 0.6) is 0 Å². The smallest absolute Gasteiger partial charge is 0.226 e. The van der Waals surface area contributed by atoms with E-state index in [0.29, 0.717) is 11.6 Å². The van der Waals surface area contributed by atoms with Gasteiger partial charge in [-0.2, -0.15) is 0 Å². The minimum atomic E-state index is 0.0848. The van der Waals surface area contributed by atoms with Crippen LogP contribution in [-0.4, -0.2) is 17.4 Å². The maximum Gasteiger partial charge on any atom is 0.226 e. The molecule has 1 atom stereocenters. The highest BCUT2D eigenvalue weighted by Crippen LogP contribution is 2.20. The highest BCUT2D eigenvalue weighted by molar-refractivity contribution is 7.13. The van der Waals surface area contributed by atoms with Crippen molar-refractivity contribution in [1.29, 1.82) is 0 Å². The fourth-order valence-corrected chi connectivity index (χ4v) is 2.90. The molecule has 21 heavy (non-hydrogen) atoms. The Kier molecular flexibility index (Phi) is 9.26. The molecule has 0 aliphatic carbocycles. The van der Waals surface area contributed by atoms with E-state index in [1.807, 2.05) is 5.38 Å². The fourth-order valence-electron chi connectivity index (χ4n) is 2.08. The summed E-state index contributed by atoms with van der Waals surface area (Å²) in [4.78, 5) is 16.3. The molecule has 2 N–H and O–H groups in total. The van der Waals surface area contributed by atoms with Gasteiger partial charge in [0.15, 0.2) is 5.13 Å². The second-order valence-corrected chi connectivity index (χ2v) is 6.32. The molecule has 1 amide bonds. The first kappa shape index (κ1) is 18.1. The first-order chi connectivity index (χ1) is 10.2. The van der Waals surface area contributed by atoms with Crippen molar-refractivity contribution in [2.45, 2.75) is 71.8 Å². The van der Waals surface area contributed by atoms with Gasteiger partial charge in [-0.15, -0.1) is 11.3 Å². The van der Waals surface area contributed by atoms with E-state index in [4.69, 9.17) is 0 Å². The molecule has 5 heteroatoms. The molecule has 0 aliphatic rings. The summed E-state index contributed by atoms with van der Waals surface area (Å²) in [5, 5.41) is 9.04. The van der Waals surface area contributed by atoms with Crippen LogP contribution in [0.15, 0.2) is 5.38 Å². The molecule has 120 valence electrons. The molecular formula is C16H29N3OS. The fraction of sp³-hybridized carbons (Fsp3) is 0.750. The Morgan fingerprint density at radius 2 is 2.00 bits per heavy atom. The van der Waals surface area contributed by atoms with Crippen molar-refractivity contribution in [2.75, 3.05) is 11.9 Å². The number of nitrogens with zero attached hydrogens (tertiary/aromatic N) is 1. The lowest BCUT2D eigenvalue weighted by Gasteiger charge is -2.09. The summed E-state index contributed by atoms with van der Waals surface area (Å²) in [5.41, 5.74) is 1.01. The molecule has 1 aromatic rings. The van der Waals surface area contributed by atoms with Crippen molar-refractivity contribution in [1.82, 2.24) is 10.3 Å². The molecule has 1 heterocycles. The Balaban J connectivity index is 2.28. The van der Waals surface area contributed by atoms with Crippen LogP contribution in [0.2, 0.25) is 0 Å². The van der Waals surface area contributed by atoms with Gasteiger partial charge in [0, 0.05) is 17.8 Å². The molecule has 1 unspecified atom stereocenters. The zero-order valence-electron chi connectivity index (χ0n) is 13.6. The monoisotopic (exact) mass is 311 g/mol. The number of nitrogens with one attached hydrogen (secondary N) is 2. The first-order valence-electron chi connectivity index (χ1n) is 8.16. The summed E-state index contributed by atoms with van der Waals surface area (Å²) in [6.07, 6.45) is 7.55. The Bertz CT molecular complexity index is 406. The third-order valence-electron chi connectivity index (χ3n) is 3.42. The van der Waals surface area contributed by atoms with E-state index in [9.17, 15) is 4.79 Å². The van der Waals surface area contributed by atoms with Crippen molar-refractivity contribution in [3.8, 4) is 0 Å². The van der Waals surface area contributed by atoms with Crippen LogP contribution in [-0.2, 0) is 4.79 Å². The van der Waals surface area contributed by atoms with Crippen molar-refractivity contribution in [3.63, 3.8) is 0 Å². The molecule has 0 radical (unpaired) electrons. The minimum absolute atomic E-state index is 0.0848. The number of amides is 1. The number of hydrogen-bond acceptors (Lipinski definition) is 4. The zero-order valence-corrected chi connectivity index (χ0v) is 14.4. The summed E-state index contributed by atoms with van der Waals surface area (Å²) >= 11 is 1.50. The van der Waals surface area contributed by atoms with Crippen molar-refractivity contribution >= 4 is 22.4 Å². The summed E-state index contributed by atoms with van der Waals surface area (Å²) in [6.45, 7) is 7.43. The standard InChI is InChI=1S/C16H29N3OS/c1-4-6-7-8-9-10-15(20)19-16-18-14(12-21-16)13(3)17-11-5-2/h12-13,17H,4-11H2,1-3H3,(H,18,19,20). The molecule has 0 fully saturated rings. The van der Waals surface area contributed by atoms with Crippen molar-refractivity contribution in [3.05, 3.63) is 11.1 Å². The first-order valence-corrected chi connectivity index (χ1v) is 9.04. The van der Waals surface area contributed by atoms with Crippen molar-refractivity contribution in [2.24, 2.45) is 0 Å². The van der Waals surface area contributed by atoms with Gasteiger partial charge in [-0.05, 0) is 26.3 Å². The molecule has 4 nitrogen and oxygen atoms in total. The van der Waals surface area contributed by atoms with E-state index in [1.54, 1.807) is 0 Å². The summed E-state index contributed by atoms with van der Waals surface area (Å²) in [6, 6.07) is 0.237. The SMILES string of the molecule is CCCCCCCC(=O)Nc1nc(C(C)NCCC)cs1. The third kappa shape index (κ3) is 7.58. The number of carbonyl (C=O) groups is 1. The molecule has 0 saturated carbocycles. The molecule has 1 aromatic heterocycles. The van der Waals surface area contributed by atoms with Gasteiger partial charge < -0.3 is 10.6 Å². The predicted octanol–water partition coefficient (Wildman–Crippen LogP) is 4.50. The summed E-state index contributed by atoms with van der Waals surface area (Å²) in [5.74, 6) is 0.0848. The van der Waals surface area contributed by atoms with E-state index in [1.165, 1.54) is 30.6 Å². The number of carbonyl (C=O) groups excluding carboxylic acids is 1. The van der Waals surface area contributed by atoms with Gasteiger partial charge in [0.25, 0.3) is 0 Å². The van der Waals surface area contributed by atoms with E-state index >= 15 is 0 Å². The highest BCUT2D eigenvalue weighted by Gasteiger charge is 2.11. The number of hydrogen-bond donors (Lipinski definition) is 2. The number of thiazole rings is 1. The van der Waals surface area contributed by atoms with Crippen molar-refractivity contribution < 1.29 is 4.79 Å². The van der Waals surface area contributed by atoms with Gasteiger partial charge in [-0.1, -0.05) is 39.5 Å². The van der Waals surface area contributed by atoms with E-state index < -0.39 is 0 Å². The molecule has 1 rings (SSSR count). The van der Waals surface area contributed by atoms with Crippen LogP contribution in [0.25, 0.3) is 0 Å². The second kappa shape index (κ2) is 10.7. The van der Waals surface area contributed by atoms with Gasteiger partial charge >= 0.3 is 0 Å². The maximum atomic E-state index is 11.8. The molecule has 0 saturated heterocycles. The molecular weight excluding hydrogens is 282 g/mol. The lowest BCUT2D eigenvalue weighted by atomic mass is 10.1. The number of rotatable bonds is 11. The largest absolute Gasteiger partial charge is 0.309 e. The van der Waals surface area contributed by atoms with Gasteiger partial charge in [-0.25, -0.2) is 4.98 Å². The van der Waals surface area contributed by atoms with Crippen LogP contribution in [0.1, 0.15) is 77.5 Å². The Morgan fingerprint density at radius 3 is 2.71 bits per heavy atom. The maximum absolute atomic E-state index is 11.8. The molecule has 0 spiro atoms. The number of aromatic nitrogens is 1. The quantitative estimate of drug-likeness (QED) is 0.591. The summed E-state index contributed by atoms with van der Waals surface area (Å²) < 4.78 is 0. The second-order valence-electron chi connectivity index (χ2n) is 5.47. The number of unbranched alkanes of at least 4 members (excludes halogenated alkanes) is 4. The van der Waals surface area contributed by atoms with E-state index in [0.717, 1.165) is 31.5 Å². The van der Waals surface area contributed by atoms with Gasteiger partial charge in [-0.3, -0.25) is 4.79 Å².